The van der Waals surface area contributed by atoms with Crippen LogP contribution in [-0.2, 0) is 35.1 Å². The fourth-order valence-corrected chi connectivity index (χ4v) is 5.59. The Morgan fingerprint density at radius 2 is 1.85 bits per heavy atom. The van der Waals surface area contributed by atoms with Crippen LogP contribution in [0.2, 0.25) is 0 Å². The lowest BCUT2D eigenvalue weighted by atomic mass is 10.2. The van der Waals surface area contributed by atoms with Gasteiger partial charge in [-0.05, 0) is 36.8 Å². The smallest absolute Gasteiger partial charge is 0.339 e. The average molecular weight is 495 g/mol. The van der Waals surface area contributed by atoms with E-state index >= 15 is 0 Å². The molecule has 1 N–H and O–H groups in total. The molecule has 1 fully saturated rings. The van der Waals surface area contributed by atoms with Gasteiger partial charge in [-0.25, -0.2) is 13.2 Å². The van der Waals surface area contributed by atoms with Crippen molar-refractivity contribution in [1.82, 2.24) is 4.31 Å². The first-order valence-corrected chi connectivity index (χ1v) is 13.1. The first-order chi connectivity index (χ1) is 15.7. The molecule has 9 nitrogen and oxygen atoms in total. The lowest BCUT2D eigenvalue weighted by Gasteiger charge is -2.26. The summed E-state index contributed by atoms with van der Waals surface area (Å²) in [6.07, 6.45) is 0. The SMILES string of the molecule is CCS(=O)c1ccccc1C(=O)OCC(=O)Nc1cc(S(=O)(=O)N2CCOCC2)ccc1C. The van der Waals surface area contributed by atoms with Crippen LogP contribution in [-0.4, -0.2) is 67.5 Å². The number of hydrogen-bond donors (Lipinski definition) is 1. The first kappa shape index (κ1) is 25.0. The molecule has 1 heterocycles. The van der Waals surface area contributed by atoms with E-state index in [1.54, 1.807) is 38.1 Å². The van der Waals surface area contributed by atoms with Crippen LogP contribution in [0.15, 0.2) is 52.3 Å². The summed E-state index contributed by atoms with van der Waals surface area (Å²) in [5.74, 6) is -1.04. The summed E-state index contributed by atoms with van der Waals surface area (Å²) in [5.41, 5.74) is 1.09. The second-order valence-corrected chi connectivity index (χ2v) is 10.9. The van der Waals surface area contributed by atoms with Gasteiger partial charge in [0.25, 0.3) is 5.91 Å². The molecule has 0 aromatic heterocycles. The molecule has 1 aliphatic heterocycles. The van der Waals surface area contributed by atoms with E-state index in [0.29, 0.717) is 35.1 Å². The van der Waals surface area contributed by atoms with E-state index in [-0.39, 0.29) is 23.5 Å². The maximum atomic E-state index is 12.9. The third kappa shape index (κ3) is 6.05. The molecule has 1 atom stereocenters. The highest BCUT2D eigenvalue weighted by Crippen LogP contribution is 2.24. The predicted molar refractivity (Wildman–Crippen MR) is 123 cm³/mol. The predicted octanol–water partition coefficient (Wildman–Crippen LogP) is 1.94. The van der Waals surface area contributed by atoms with Crippen molar-refractivity contribution < 1.29 is 31.7 Å². The molecule has 1 unspecified atom stereocenters. The Kier molecular flexibility index (Phi) is 8.35. The van der Waals surface area contributed by atoms with Crippen LogP contribution < -0.4 is 5.32 Å². The van der Waals surface area contributed by atoms with E-state index in [1.807, 2.05) is 0 Å². The Morgan fingerprint density at radius 3 is 2.55 bits per heavy atom. The van der Waals surface area contributed by atoms with E-state index < -0.39 is 39.3 Å². The van der Waals surface area contributed by atoms with Crippen LogP contribution >= 0.6 is 0 Å². The molecule has 33 heavy (non-hydrogen) atoms. The second-order valence-electron chi connectivity index (χ2n) is 7.25. The zero-order chi connectivity index (χ0) is 24.0. The molecule has 11 heteroatoms. The maximum Gasteiger partial charge on any atom is 0.339 e. The van der Waals surface area contributed by atoms with Gasteiger partial charge in [-0.15, -0.1) is 0 Å². The lowest BCUT2D eigenvalue weighted by molar-refractivity contribution is -0.119. The highest BCUT2D eigenvalue weighted by Gasteiger charge is 2.27. The minimum atomic E-state index is -3.73. The molecule has 0 bridgehead atoms. The molecule has 0 aliphatic carbocycles. The quantitative estimate of drug-likeness (QED) is 0.557. The number of carbonyl (C=O) groups is 2. The van der Waals surface area contributed by atoms with Crippen molar-refractivity contribution in [1.29, 1.82) is 0 Å². The Morgan fingerprint density at radius 1 is 1.15 bits per heavy atom. The zero-order valence-electron chi connectivity index (χ0n) is 18.4. The first-order valence-electron chi connectivity index (χ1n) is 10.4. The van der Waals surface area contributed by atoms with Crippen molar-refractivity contribution in [3.05, 3.63) is 53.6 Å². The largest absolute Gasteiger partial charge is 0.452 e. The number of aryl methyl sites for hydroxylation is 1. The standard InChI is InChI=1S/C22H26N2O7S2/c1-3-32(27)20-7-5-4-6-18(20)22(26)31-15-21(25)23-19-14-17(9-8-16(19)2)33(28,29)24-10-12-30-13-11-24/h4-9,14H,3,10-13,15H2,1-2H3,(H,23,25). The molecule has 0 radical (unpaired) electrons. The normalized spacial score (nSPS) is 15.6. The second kappa shape index (κ2) is 11.0. The molecule has 3 rings (SSSR count). The van der Waals surface area contributed by atoms with Gasteiger partial charge in [0.15, 0.2) is 6.61 Å². The van der Waals surface area contributed by atoms with Crippen LogP contribution in [0.5, 0.6) is 0 Å². The highest BCUT2D eigenvalue weighted by atomic mass is 32.2. The molecular weight excluding hydrogens is 468 g/mol. The Bertz CT molecular complexity index is 1160. The summed E-state index contributed by atoms with van der Waals surface area (Å²) in [6.45, 7) is 4.07. The number of ether oxygens (including phenoxy) is 2. The van der Waals surface area contributed by atoms with Gasteiger partial charge in [0.05, 0.1) is 39.4 Å². The van der Waals surface area contributed by atoms with Crippen LogP contribution in [0.3, 0.4) is 0 Å². The van der Waals surface area contributed by atoms with E-state index in [1.165, 1.54) is 22.5 Å². The summed E-state index contributed by atoms with van der Waals surface area (Å²) in [6, 6.07) is 10.8. The molecule has 1 aliphatic rings. The number of anilines is 1. The van der Waals surface area contributed by atoms with Crippen LogP contribution in [0, 0.1) is 6.92 Å². The minimum absolute atomic E-state index is 0.0540. The van der Waals surface area contributed by atoms with Crippen molar-refractivity contribution in [2.45, 2.75) is 23.6 Å². The highest BCUT2D eigenvalue weighted by molar-refractivity contribution is 7.89. The summed E-state index contributed by atoms with van der Waals surface area (Å²) >= 11 is 0. The van der Waals surface area contributed by atoms with E-state index in [2.05, 4.69) is 5.32 Å². The van der Waals surface area contributed by atoms with Crippen molar-refractivity contribution in [3.8, 4) is 0 Å². The summed E-state index contributed by atoms with van der Waals surface area (Å²) in [5, 5.41) is 2.60. The fraction of sp³-hybridized carbons (Fsp3) is 0.364. The van der Waals surface area contributed by atoms with Gasteiger partial charge in [0.1, 0.15) is 0 Å². The van der Waals surface area contributed by atoms with Gasteiger partial charge in [-0.1, -0.05) is 25.1 Å². The molecule has 178 valence electrons. The number of benzene rings is 2. The number of amides is 1. The number of rotatable bonds is 8. The summed E-state index contributed by atoms with van der Waals surface area (Å²) in [4.78, 5) is 25.3. The topological polar surface area (TPSA) is 119 Å². The third-order valence-electron chi connectivity index (χ3n) is 5.04. The number of hydrogen-bond acceptors (Lipinski definition) is 7. The number of nitrogens with zero attached hydrogens (tertiary/aromatic N) is 1. The molecule has 2 aromatic rings. The van der Waals surface area contributed by atoms with Crippen molar-refractivity contribution in [2.24, 2.45) is 0 Å². The van der Waals surface area contributed by atoms with Crippen LogP contribution in [0.1, 0.15) is 22.8 Å². The van der Waals surface area contributed by atoms with Gasteiger partial charge in [0, 0.05) is 24.5 Å². The lowest BCUT2D eigenvalue weighted by Crippen LogP contribution is -2.40. The molecule has 2 aromatic carbocycles. The molecule has 1 amide bonds. The number of morpholine rings is 1. The van der Waals surface area contributed by atoms with E-state index in [9.17, 15) is 22.2 Å². The van der Waals surface area contributed by atoms with Gasteiger partial charge in [0.2, 0.25) is 10.0 Å². The number of esters is 1. The maximum absolute atomic E-state index is 12.9. The Labute approximate surface area is 195 Å². The molecule has 0 spiro atoms. The zero-order valence-corrected chi connectivity index (χ0v) is 20.0. The molecule has 1 saturated heterocycles. The summed E-state index contributed by atoms with van der Waals surface area (Å²) in [7, 11) is -5.08. The van der Waals surface area contributed by atoms with Crippen molar-refractivity contribution in [3.63, 3.8) is 0 Å². The molecular formula is C22H26N2O7S2. The molecule has 0 saturated carbocycles. The third-order valence-corrected chi connectivity index (χ3v) is 8.31. The summed E-state index contributed by atoms with van der Waals surface area (Å²) < 4.78 is 49.6. The van der Waals surface area contributed by atoms with Gasteiger partial charge < -0.3 is 14.8 Å². The van der Waals surface area contributed by atoms with E-state index in [0.717, 1.165) is 0 Å². The Balaban J connectivity index is 1.68. The van der Waals surface area contributed by atoms with Crippen molar-refractivity contribution >= 4 is 38.4 Å². The number of carbonyl (C=O) groups excluding carboxylic acids is 2. The number of sulfonamides is 1. The van der Waals surface area contributed by atoms with Crippen LogP contribution in [0.4, 0.5) is 5.69 Å². The van der Waals surface area contributed by atoms with Crippen molar-refractivity contribution in [2.75, 3.05) is 44.0 Å². The Hall–Kier alpha value is -2.60. The van der Waals surface area contributed by atoms with Gasteiger partial charge in [-0.2, -0.15) is 4.31 Å². The minimum Gasteiger partial charge on any atom is -0.452 e. The van der Waals surface area contributed by atoms with Gasteiger partial charge in [-0.3, -0.25) is 9.00 Å². The van der Waals surface area contributed by atoms with Crippen LogP contribution in [0.25, 0.3) is 0 Å². The monoisotopic (exact) mass is 494 g/mol. The fourth-order valence-electron chi connectivity index (χ4n) is 3.22. The number of nitrogens with one attached hydrogen (secondary N) is 1. The average Bonchev–Trinajstić information content (AvgIpc) is 2.83. The van der Waals surface area contributed by atoms with Gasteiger partial charge >= 0.3 is 5.97 Å². The van der Waals surface area contributed by atoms with E-state index in [4.69, 9.17) is 9.47 Å².